The fraction of sp³-hybridized carbons (Fsp3) is 0.111. The summed E-state index contributed by atoms with van der Waals surface area (Å²) in [6.07, 6.45) is 1.49. The molecule has 0 saturated carbocycles. The van der Waals surface area contributed by atoms with Crippen LogP contribution in [-0.4, -0.2) is 32.6 Å². The van der Waals surface area contributed by atoms with Gasteiger partial charge in [-0.3, -0.25) is 20.2 Å². The first-order valence-electron chi connectivity index (χ1n) is 7.69. The van der Waals surface area contributed by atoms with Gasteiger partial charge < -0.3 is 9.67 Å². The first-order chi connectivity index (χ1) is 12.3. The Bertz CT molecular complexity index is 982. The summed E-state index contributed by atoms with van der Waals surface area (Å²) in [5, 5.41) is 13.9. The van der Waals surface area contributed by atoms with Crippen LogP contribution in [0.25, 0.3) is 11.8 Å². The second-order valence-electron chi connectivity index (χ2n) is 5.81. The number of carboxylic acids is 1. The minimum atomic E-state index is -1.01. The highest BCUT2D eigenvalue weighted by Gasteiger charge is 2.26. The average molecular weight is 369 g/mol. The molecule has 0 unspecified atom stereocenters. The molecule has 1 aliphatic heterocycles. The number of aromatic carboxylic acids is 1. The van der Waals surface area contributed by atoms with Gasteiger partial charge in [0.2, 0.25) is 0 Å². The Balaban J connectivity index is 2.07. The zero-order chi connectivity index (χ0) is 19.0. The molecule has 1 fully saturated rings. The summed E-state index contributed by atoms with van der Waals surface area (Å²) in [4.78, 5) is 35.2. The third kappa shape index (κ3) is 3.14. The van der Waals surface area contributed by atoms with E-state index in [9.17, 15) is 19.5 Å². The lowest BCUT2D eigenvalue weighted by Gasteiger charge is -2.16. The molecule has 8 heteroatoms. The highest BCUT2D eigenvalue weighted by molar-refractivity contribution is 7.80. The molecule has 0 radical (unpaired) electrons. The summed E-state index contributed by atoms with van der Waals surface area (Å²) in [5.74, 6) is -2.13. The van der Waals surface area contributed by atoms with Crippen molar-refractivity contribution in [3.05, 3.63) is 58.4 Å². The molecule has 3 rings (SSSR count). The van der Waals surface area contributed by atoms with Crippen LogP contribution in [0.3, 0.4) is 0 Å². The molecule has 0 aliphatic carbocycles. The van der Waals surface area contributed by atoms with Crippen LogP contribution in [0.5, 0.6) is 0 Å². The molecular weight excluding hydrogens is 354 g/mol. The van der Waals surface area contributed by atoms with Crippen molar-refractivity contribution in [1.29, 1.82) is 0 Å². The molecule has 2 heterocycles. The van der Waals surface area contributed by atoms with Gasteiger partial charge in [-0.15, -0.1) is 0 Å². The molecule has 1 saturated heterocycles. The SMILES string of the molecule is Cc1cc(C=C2C(=O)NC(=S)NC2=O)c(C)n1-c1cccc(C(=O)O)c1. The maximum Gasteiger partial charge on any atom is 0.335 e. The Morgan fingerprint density at radius 3 is 2.42 bits per heavy atom. The number of carbonyl (C=O) groups is 3. The van der Waals surface area contributed by atoms with E-state index in [-0.39, 0.29) is 16.2 Å². The molecule has 3 N–H and O–H groups in total. The van der Waals surface area contributed by atoms with E-state index in [0.29, 0.717) is 11.3 Å². The largest absolute Gasteiger partial charge is 0.478 e. The van der Waals surface area contributed by atoms with Gasteiger partial charge in [-0.1, -0.05) is 6.07 Å². The second-order valence-corrected chi connectivity index (χ2v) is 6.22. The molecule has 2 aromatic rings. The summed E-state index contributed by atoms with van der Waals surface area (Å²) in [6, 6.07) is 8.37. The molecule has 1 aromatic carbocycles. The van der Waals surface area contributed by atoms with E-state index in [1.807, 2.05) is 24.5 Å². The van der Waals surface area contributed by atoms with Crippen LogP contribution in [0, 0.1) is 13.8 Å². The Labute approximate surface area is 154 Å². The summed E-state index contributed by atoms with van der Waals surface area (Å²) in [7, 11) is 0. The number of rotatable bonds is 3. The molecular formula is C18H15N3O4S. The molecule has 0 bridgehead atoms. The van der Waals surface area contributed by atoms with Gasteiger partial charge in [0.25, 0.3) is 11.8 Å². The van der Waals surface area contributed by atoms with E-state index in [1.54, 1.807) is 18.2 Å². The van der Waals surface area contributed by atoms with Crippen molar-refractivity contribution in [1.82, 2.24) is 15.2 Å². The number of nitrogens with one attached hydrogen (secondary N) is 2. The topological polar surface area (TPSA) is 100 Å². The van der Waals surface area contributed by atoms with Crippen molar-refractivity contribution in [3.8, 4) is 5.69 Å². The Kier molecular flexibility index (Phi) is 4.43. The molecule has 2 amide bonds. The van der Waals surface area contributed by atoms with Gasteiger partial charge in [0.05, 0.1) is 5.56 Å². The van der Waals surface area contributed by atoms with Crippen LogP contribution in [0.1, 0.15) is 27.3 Å². The van der Waals surface area contributed by atoms with Crippen LogP contribution < -0.4 is 10.6 Å². The number of amides is 2. The van der Waals surface area contributed by atoms with Gasteiger partial charge in [0.15, 0.2) is 5.11 Å². The van der Waals surface area contributed by atoms with Crippen molar-refractivity contribution in [2.45, 2.75) is 13.8 Å². The maximum atomic E-state index is 12.0. The number of aryl methyl sites for hydroxylation is 1. The molecule has 7 nitrogen and oxygen atoms in total. The summed E-state index contributed by atoms with van der Waals surface area (Å²) >= 11 is 4.78. The summed E-state index contributed by atoms with van der Waals surface area (Å²) in [5.41, 5.74) is 3.10. The molecule has 0 atom stereocenters. The Hall–Kier alpha value is -3.26. The van der Waals surface area contributed by atoms with Gasteiger partial charge in [-0.2, -0.15) is 0 Å². The number of benzene rings is 1. The number of hydrogen-bond acceptors (Lipinski definition) is 4. The summed E-state index contributed by atoms with van der Waals surface area (Å²) < 4.78 is 1.86. The number of carbonyl (C=O) groups excluding carboxylic acids is 2. The van der Waals surface area contributed by atoms with Crippen LogP contribution in [0.2, 0.25) is 0 Å². The fourth-order valence-corrected chi connectivity index (χ4v) is 3.06. The van der Waals surface area contributed by atoms with Crippen molar-refractivity contribution in [2.75, 3.05) is 0 Å². The van der Waals surface area contributed by atoms with Crippen molar-refractivity contribution >= 4 is 41.2 Å². The second kappa shape index (κ2) is 6.57. The Morgan fingerprint density at radius 1 is 1.15 bits per heavy atom. The van der Waals surface area contributed by atoms with Crippen LogP contribution >= 0.6 is 12.2 Å². The zero-order valence-electron chi connectivity index (χ0n) is 14.0. The fourth-order valence-electron chi connectivity index (χ4n) is 2.87. The lowest BCUT2D eigenvalue weighted by molar-refractivity contribution is -0.123. The van der Waals surface area contributed by atoms with Crippen LogP contribution in [0.15, 0.2) is 35.9 Å². The van der Waals surface area contributed by atoms with Crippen LogP contribution in [-0.2, 0) is 9.59 Å². The van der Waals surface area contributed by atoms with Gasteiger partial charge >= 0.3 is 5.97 Å². The number of thiocarbonyl (C=S) groups is 1. The van der Waals surface area contributed by atoms with Gasteiger partial charge in [-0.05, 0) is 62.0 Å². The van der Waals surface area contributed by atoms with E-state index < -0.39 is 17.8 Å². The smallest absolute Gasteiger partial charge is 0.335 e. The zero-order valence-corrected chi connectivity index (χ0v) is 14.8. The average Bonchev–Trinajstić information content (AvgIpc) is 2.84. The summed E-state index contributed by atoms with van der Waals surface area (Å²) in [6.45, 7) is 3.69. The lowest BCUT2D eigenvalue weighted by atomic mass is 10.1. The van der Waals surface area contributed by atoms with Crippen molar-refractivity contribution < 1.29 is 19.5 Å². The van der Waals surface area contributed by atoms with Crippen molar-refractivity contribution in [3.63, 3.8) is 0 Å². The minimum absolute atomic E-state index is 0.0203. The third-order valence-corrected chi connectivity index (χ3v) is 4.27. The first kappa shape index (κ1) is 17.6. The quantitative estimate of drug-likeness (QED) is 0.434. The number of hydrogen-bond donors (Lipinski definition) is 3. The molecule has 1 aromatic heterocycles. The predicted octanol–water partition coefficient (Wildman–Crippen LogP) is 1.71. The highest BCUT2D eigenvalue weighted by Crippen LogP contribution is 2.24. The first-order valence-corrected chi connectivity index (χ1v) is 8.10. The predicted molar refractivity (Wildman–Crippen MR) is 99.1 cm³/mol. The molecule has 26 heavy (non-hydrogen) atoms. The van der Waals surface area contributed by atoms with Gasteiger partial charge in [-0.25, -0.2) is 4.79 Å². The number of carboxylic acid groups (broad SMARTS) is 1. The van der Waals surface area contributed by atoms with E-state index >= 15 is 0 Å². The van der Waals surface area contributed by atoms with E-state index in [0.717, 1.165) is 11.4 Å². The van der Waals surface area contributed by atoms with E-state index in [1.165, 1.54) is 12.1 Å². The van der Waals surface area contributed by atoms with Crippen LogP contribution in [0.4, 0.5) is 0 Å². The standard InChI is InChI=1S/C18H15N3O4S/c1-9-6-12(8-14-15(22)19-18(26)20-16(14)23)10(2)21(9)13-5-3-4-11(7-13)17(24)25/h3-8H,1-2H3,(H,24,25)(H2,19,20,22,23,26). The van der Waals surface area contributed by atoms with E-state index in [4.69, 9.17) is 12.2 Å². The molecule has 1 aliphatic rings. The van der Waals surface area contributed by atoms with Crippen molar-refractivity contribution in [2.24, 2.45) is 0 Å². The third-order valence-electron chi connectivity index (χ3n) is 4.06. The highest BCUT2D eigenvalue weighted by atomic mass is 32.1. The monoisotopic (exact) mass is 369 g/mol. The Morgan fingerprint density at radius 2 is 1.81 bits per heavy atom. The lowest BCUT2D eigenvalue weighted by Crippen LogP contribution is -2.51. The minimum Gasteiger partial charge on any atom is -0.478 e. The van der Waals surface area contributed by atoms with E-state index in [2.05, 4.69) is 10.6 Å². The van der Waals surface area contributed by atoms with Gasteiger partial charge in [0, 0.05) is 17.1 Å². The maximum absolute atomic E-state index is 12.0. The molecule has 132 valence electrons. The van der Waals surface area contributed by atoms with Gasteiger partial charge in [0.1, 0.15) is 5.57 Å². The number of nitrogens with zero attached hydrogens (tertiary/aromatic N) is 1. The number of aromatic nitrogens is 1. The molecule has 0 spiro atoms. The normalized spacial score (nSPS) is 14.1.